The van der Waals surface area contributed by atoms with E-state index in [-0.39, 0.29) is 24.8 Å². The maximum absolute atomic E-state index is 6.39. The van der Waals surface area contributed by atoms with Crippen molar-refractivity contribution in [2.75, 3.05) is 19.8 Å². The summed E-state index contributed by atoms with van der Waals surface area (Å²) in [5.41, 5.74) is 0.568. The number of ether oxygens (including phenoxy) is 5. The first kappa shape index (κ1) is 21.9. The van der Waals surface area contributed by atoms with E-state index in [0.717, 1.165) is 10.5 Å². The normalized spacial score (nSPS) is 30.0. The second kappa shape index (κ2) is 10.8. The third-order valence-electron chi connectivity index (χ3n) is 5.07. The van der Waals surface area contributed by atoms with Gasteiger partial charge in [-0.05, 0) is 12.1 Å². The molecule has 2 aromatic carbocycles. The maximum Gasteiger partial charge on any atom is 0.184 e. The standard InChI is InChI=1S/C25H24O5S/c1-3-15-26-22-21-20(17-28-24(30-21)18-11-7-5-8-12-18)29-25(23(22)27-16-4-2)31-19-13-9-6-10-14-19/h1-2,5-14,20-25H,15-17H2/t20-,21-,22+,23+,24-,25-/m1/s1. The minimum Gasteiger partial charge on any atom is -0.360 e. The molecule has 6 heteroatoms. The molecule has 0 bridgehead atoms. The summed E-state index contributed by atoms with van der Waals surface area (Å²) in [7, 11) is 0. The highest BCUT2D eigenvalue weighted by Crippen LogP contribution is 2.40. The molecule has 0 N–H and O–H groups in total. The molecule has 0 spiro atoms. The Morgan fingerprint density at radius 1 is 0.871 bits per heavy atom. The maximum atomic E-state index is 6.39. The number of benzene rings is 2. The fourth-order valence-electron chi connectivity index (χ4n) is 3.71. The molecule has 2 aromatic rings. The molecule has 31 heavy (non-hydrogen) atoms. The summed E-state index contributed by atoms with van der Waals surface area (Å²) < 4.78 is 30.8. The molecule has 6 atom stereocenters. The largest absolute Gasteiger partial charge is 0.360 e. The third-order valence-corrected chi connectivity index (χ3v) is 6.23. The first-order valence-electron chi connectivity index (χ1n) is 10.1. The number of fused-ring (bicyclic) bond motifs is 1. The molecule has 2 aliphatic rings. The average molecular weight is 437 g/mol. The van der Waals surface area contributed by atoms with Crippen LogP contribution in [0.5, 0.6) is 0 Å². The van der Waals surface area contributed by atoms with Gasteiger partial charge in [0.05, 0.1) is 6.61 Å². The van der Waals surface area contributed by atoms with E-state index in [1.807, 2.05) is 60.7 Å². The fourth-order valence-corrected chi connectivity index (χ4v) is 4.86. The van der Waals surface area contributed by atoms with Gasteiger partial charge in [-0.25, -0.2) is 0 Å². The summed E-state index contributed by atoms with van der Waals surface area (Å²) >= 11 is 1.55. The molecule has 0 radical (unpaired) electrons. The van der Waals surface area contributed by atoms with Gasteiger partial charge in [-0.1, -0.05) is 72.1 Å². The zero-order chi connectivity index (χ0) is 21.5. The SMILES string of the molecule is C#CCO[C@@H]1[C@H](OCC#C)[C@@H](Sc2ccccc2)O[C@@H]2CO[C@@H](c3ccccc3)O[C@@H]12. The van der Waals surface area contributed by atoms with E-state index in [0.29, 0.717) is 6.61 Å². The van der Waals surface area contributed by atoms with Gasteiger partial charge in [-0.3, -0.25) is 0 Å². The molecule has 2 heterocycles. The number of terminal acetylenes is 2. The van der Waals surface area contributed by atoms with E-state index < -0.39 is 24.6 Å². The first-order chi connectivity index (χ1) is 15.3. The molecule has 5 nitrogen and oxygen atoms in total. The number of rotatable bonds is 7. The summed E-state index contributed by atoms with van der Waals surface area (Å²) in [4.78, 5) is 1.05. The lowest BCUT2D eigenvalue weighted by Crippen LogP contribution is -2.62. The van der Waals surface area contributed by atoms with Crippen molar-refractivity contribution in [2.24, 2.45) is 0 Å². The van der Waals surface area contributed by atoms with Gasteiger partial charge in [0, 0.05) is 10.5 Å². The van der Waals surface area contributed by atoms with E-state index in [1.165, 1.54) is 0 Å². The molecular formula is C25H24O5S. The van der Waals surface area contributed by atoms with Crippen molar-refractivity contribution in [1.82, 2.24) is 0 Å². The molecule has 4 rings (SSSR count). The predicted octanol–water partition coefficient (Wildman–Crippen LogP) is 3.65. The van der Waals surface area contributed by atoms with Crippen molar-refractivity contribution in [3.05, 3.63) is 66.2 Å². The van der Waals surface area contributed by atoms with Gasteiger partial charge in [0.2, 0.25) is 0 Å². The van der Waals surface area contributed by atoms with Gasteiger partial charge >= 0.3 is 0 Å². The van der Waals surface area contributed by atoms with Crippen molar-refractivity contribution in [3.63, 3.8) is 0 Å². The van der Waals surface area contributed by atoms with Crippen molar-refractivity contribution >= 4 is 11.8 Å². The molecule has 0 saturated carbocycles. The molecule has 2 fully saturated rings. The Bertz CT molecular complexity index is 907. The minimum atomic E-state index is -0.519. The lowest BCUT2D eigenvalue weighted by molar-refractivity contribution is -0.325. The van der Waals surface area contributed by atoms with Crippen molar-refractivity contribution in [1.29, 1.82) is 0 Å². The quantitative estimate of drug-likeness (QED) is 0.618. The highest BCUT2D eigenvalue weighted by atomic mass is 32.2. The highest BCUT2D eigenvalue weighted by Gasteiger charge is 2.51. The van der Waals surface area contributed by atoms with Gasteiger partial charge in [0.1, 0.15) is 43.1 Å². The fraction of sp³-hybridized carbons (Fsp3) is 0.360. The van der Waals surface area contributed by atoms with Gasteiger partial charge in [0.15, 0.2) is 6.29 Å². The second-order valence-corrected chi connectivity index (χ2v) is 8.28. The van der Waals surface area contributed by atoms with Crippen LogP contribution in [0.2, 0.25) is 0 Å². The van der Waals surface area contributed by atoms with Gasteiger partial charge < -0.3 is 23.7 Å². The van der Waals surface area contributed by atoms with Gasteiger partial charge in [-0.2, -0.15) is 0 Å². The van der Waals surface area contributed by atoms with Crippen molar-refractivity contribution < 1.29 is 23.7 Å². The van der Waals surface area contributed by atoms with E-state index in [9.17, 15) is 0 Å². The van der Waals surface area contributed by atoms with Gasteiger partial charge in [0.25, 0.3) is 0 Å². The summed E-state index contributed by atoms with van der Waals surface area (Å²) in [5, 5.41) is 0. The Morgan fingerprint density at radius 2 is 1.52 bits per heavy atom. The molecule has 0 unspecified atom stereocenters. The molecule has 2 aliphatic heterocycles. The highest BCUT2D eigenvalue weighted by molar-refractivity contribution is 7.99. The molecular weight excluding hydrogens is 412 g/mol. The Labute approximate surface area is 187 Å². The van der Waals surface area contributed by atoms with Crippen LogP contribution < -0.4 is 0 Å². The summed E-state index contributed by atoms with van der Waals surface area (Å²) in [6.45, 7) is 0.631. The van der Waals surface area contributed by atoms with E-state index in [2.05, 4.69) is 11.8 Å². The van der Waals surface area contributed by atoms with E-state index in [4.69, 9.17) is 36.5 Å². The Kier molecular flexibility index (Phi) is 7.66. The van der Waals surface area contributed by atoms with Crippen molar-refractivity contribution in [2.45, 2.75) is 41.0 Å². The number of hydrogen-bond donors (Lipinski definition) is 0. The van der Waals surface area contributed by atoms with Crippen LogP contribution in [0.3, 0.4) is 0 Å². The van der Waals surface area contributed by atoms with Crippen molar-refractivity contribution in [3.8, 4) is 24.7 Å². The Morgan fingerprint density at radius 3 is 2.19 bits per heavy atom. The van der Waals surface area contributed by atoms with Crippen LogP contribution >= 0.6 is 11.8 Å². The lowest BCUT2D eigenvalue weighted by Gasteiger charge is -2.48. The Hall–Kier alpha value is -2.29. The van der Waals surface area contributed by atoms with Crippen LogP contribution in [0.4, 0.5) is 0 Å². The minimum absolute atomic E-state index is 0.131. The van der Waals surface area contributed by atoms with Gasteiger partial charge in [-0.15, -0.1) is 12.8 Å². The molecule has 0 aliphatic carbocycles. The van der Waals surface area contributed by atoms with Crippen LogP contribution in [-0.2, 0) is 23.7 Å². The van der Waals surface area contributed by atoms with Crippen LogP contribution in [0.1, 0.15) is 11.9 Å². The second-order valence-electron chi connectivity index (χ2n) is 7.11. The molecule has 160 valence electrons. The van der Waals surface area contributed by atoms with Crippen LogP contribution in [0.15, 0.2) is 65.6 Å². The summed E-state index contributed by atoms with van der Waals surface area (Å²) in [6, 6.07) is 19.8. The zero-order valence-corrected chi connectivity index (χ0v) is 17.8. The molecule has 0 aromatic heterocycles. The van der Waals surface area contributed by atoms with Crippen LogP contribution in [0, 0.1) is 24.7 Å². The third kappa shape index (κ3) is 5.31. The predicted molar refractivity (Wildman–Crippen MR) is 118 cm³/mol. The molecule has 0 amide bonds. The topological polar surface area (TPSA) is 46.2 Å². The smallest absolute Gasteiger partial charge is 0.184 e. The Balaban J connectivity index is 1.59. The monoisotopic (exact) mass is 436 g/mol. The number of thioether (sulfide) groups is 1. The molecule has 2 saturated heterocycles. The first-order valence-corrected chi connectivity index (χ1v) is 11.0. The summed E-state index contributed by atoms with van der Waals surface area (Å²) in [5.74, 6) is 5.08. The van der Waals surface area contributed by atoms with E-state index >= 15 is 0 Å². The van der Waals surface area contributed by atoms with E-state index in [1.54, 1.807) is 11.8 Å². The lowest BCUT2D eigenvalue weighted by atomic mass is 9.98. The number of hydrogen-bond acceptors (Lipinski definition) is 6. The average Bonchev–Trinajstić information content (AvgIpc) is 2.82. The van der Waals surface area contributed by atoms with Crippen LogP contribution in [0.25, 0.3) is 0 Å². The summed E-state index contributed by atoms with van der Waals surface area (Å²) in [6.07, 6.45) is 8.77. The van der Waals surface area contributed by atoms with Crippen LogP contribution in [-0.4, -0.2) is 49.7 Å². The zero-order valence-electron chi connectivity index (χ0n) is 17.0.